The van der Waals surface area contributed by atoms with Crippen molar-refractivity contribution in [2.45, 2.75) is 19.9 Å². The Balaban J connectivity index is 0.00000300. The first kappa shape index (κ1) is 23.3. The highest BCUT2D eigenvalue weighted by Crippen LogP contribution is 2.25. The van der Waals surface area contributed by atoms with Gasteiger partial charge in [0.2, 0.25) is 0 Å². The second-order valence-corrected chi connectivity index (χ2v) is 7.09. The quantitative estimate of drug-likeness (QED) is 0.354. The first-order valence-electron chi connectivity index (χ1n) is 9.36. The summed E-state index contributed by atoms with van der Waals surface area (Å²) in [5.41, 5.74) is 2.17. The molecule has 0 saturated carbocycles. The molecule has 0 spiro atoms. The number of anilines is 1. The molecule has 1 saturated heterocycles. The Kier molecular flexibility index (Phi) is 8.60. The van der Waals surface area contributed by atoms with Gasteiger partial charge in [0.05, 0.1) is 0 Å². The zero-order chi connectivity index (χ0) is 20.1. The Morgan fingerprint density at radius 3 is 2.55 bits per heavy atom. The molecule has 1 unspecified atom stereocenters. The molecule has 2 aromatic rings. The molecule has 1 fully saturated rings. The number of rotatable bonds is 5. The highest BCUT2D eigenvalue weighted by atomic mass is 127. The summed E-state index contributed by atoms with van der Waals surface area (Å²) in [7, 11) is 1.69. The maximum absolute atomic E-state index is 13.6. The summed E-state index contributed by atoms with van der Waals surface area (Å²) in [6.45, 7) is 4.48. The largest absolute Gasteiger partial charge is 0.371 e. The zero-order valence-electron chi connectivity index (χ0n) is 16.5. The number of hydrogen-bond acceptors (Lipinski definition) is 2. The van der Waals surface area contributed by atoms with Crippen molar-refractivity contribution in [1.29, 1.82) is 0 Å². The van der Waals surface area contributed by atoms with E-state index in [2.05, 4.69) is 20.5 Å². The summed E-state index contributed by atoms with van der Waals surface area (Å²) < 4.78 is 40.2. The van der Waals surface area contributed by atoms with Crippen molar-refractivity contribution in [3.63, 3.8) is 0 Å². The minimum atomic E-state index is -0.829. The van der Waals surface area contributed by atoms with Crippen LogP contribution in [0, 0.1) is 30.3 Å². The second-order valence-electron chi connectivity index (χ2n) is 7.09. The molecule has 0 aromatic heterocycles. The van der Waals surface area contributed by atoms with Gasteiger partial charge in [-0.2, -0.15) is 0 Å². The number of guanidine groups is 1. The molecule has 2 N–H and O–H groups in total. The van der Waals surface area contributed by atoms with Crippen molar-refractivity contribution in [3.05, 3.63) is 65.0 Å². The summed E-state index contributed by atoms with van der Waals surface area (Å²) in [5.74, 6) is -0.859. The molecule has 0 radical (unpaired) electrons. The highest BCUT2D eigenvalue weighted by Gasteiger charge is 2.23. The van der Waals surface area contributed by atoms with E-state index in [-0.39, 0.29) is 29.8 Å². The lowest BCUT2D eigenvalue weighted by Gasteiger charge is -2.19. The Morgan fingerprint density at radius 1 is 1.07 bits per heavy atom. The smallest absolute Gasteiger partial charge is 0.191 e. The fourth-order valence-corrected chi connectivity index (χ4v) is 3.31. The van der Waals surface area contributed by atoms with Crippen LogP contribution in [0.2, 0.25) is 0 Å². The Labute approximate surface area is 186 Å². The van der Waals surface area contributed by atoms with E-state index in [9.17, 15) is 13.2 Å². The van der Waals surface area contributed by atoms with E-state index in [1.807, 2.05) is 6.07 Å². The molecule has 29 heavy (non-hydrogen) atoms. The maximum atomic E-state index is 13.6. The van der Waals surface area contributed by atoms with Crippen LogP contribution in [0.25, 0.3) is 0 Å². The first-order valence-corrected chi connectivity index (χ1v) is 9.36. The van der Waals surface area contributed by atoms with Crippen LogP contribution in [0.5, 0.6) is 0 Å². The Bertz CT molecular complexity index is 860. The van der Waals surface area contributed by atoms with Crippen LogP contribution >= 0.6 is 24.0 Å². The standard InChI is InChI=1S/C21H25F3N4.HI/c1-14-3-4-15(9-19(14)23)11-26-21(25-2)27-12-16-7-8-28(13-16)17-5-6-18(22)20(24)10-17;/h3-6,9-10,16H,7-8,11-13H2,1-2H3,(H2,25,26,27);1H. The van der Waals surface area contributed by atoms with Crippen LogP contribution in [0.15, 0.2) is 41.4 Å². The first-order chi connectivity index (χ1) is 13.5. The van der Waals surface area contributed by atoms with Gasteiger partial charge in [-0.25, -0.2) is 13.2 Å². The molecule has 0 bridgehead atoms. The molecular formula is C21H26F3IN4. The van der Waals surface area contributed by atoms with Crippen LogP contribution in [-0.2, 0) is 6.54 Å². The van der Waals surface area contributed by atoms with Crippen molar-refractivity contribution in [2.24, 2.45) is 10.9 Å². The van der Waals surface area contributed by atoms with Crippen molar-refractivity contribution in [2.75, 3.05) is 31.6 Å². The maximum Gasteiger partial charge on any atom is 0.191 e. The fraction of sp³-hybridized carbons (Fsp3) is 0.381. The number of benzene rings is 2. The monoisotopic (exact) mass is 518 g/mol. The number of aliphatic imine (C=N–C) groups is 1. The fourth-order valence-electron chi connectivity index (χ4n) is 3.31. The molecule has 1 aliphatic rings. The third kappa shape index (κ3) is 6.25. The van der Waals surface area contributed by atoms with E-state index in [1.54, 1.807) is 26.1 Å². The van der Waals surface area contributed by atoms with Crippen LogP contribution in [0.4, 0.5) is 18.9 Å². The van der Waals surface area contributed by atoms with Gasteiger partial charge in [-0.1, -0.05) is 12.1 Å². The predicted octanol–water partition coefficient (Wildman–Crippen LogP) is 4.22. The average Bonchev–Trinajstić information content (AvgIpc) is 3.16. The summed E-state index contributed by atoms with van der Waals surface area (Å²) in [5, 5.41) is 6.46. The van der Waals surface area contributed by atoms with Gasteiger partial charge in [-0.05, 0) is 48.6 Å². The molecular weight excluding hydrogens is 492 g/mol. The topological polar surface area (TPSA) is 39.7 Å². The van der Waals surface area contributed by atoms with Gasteiger partial charge in [-0.15, -0.1) is 24.0 Å². The molecule has 0 aliphatic carbocycles. The van der Waals surface area contributed by atoms with E-state index >= 15 is 0 Å². The van der Waals surface area contributed by atoms with Crippen molar-refractivity contribution in [3.8, 4) is 0 Å². The number of aryl methyl sites for hydroxylation is 1. The number of hydrogen-bond donors (Lipinski definition) is 2. The Hall–Kier alpha value is -1.97. The Morgan fingerprint density at radius 2 is 1.86 bits per heavy atom. The van der Waals surface area contributed by atoms with E-state index < -0.39 is 11.6 Å². The van der Waals surface area contributed by atoms with Gasteiger partial charge in [0.1, 0.15) is 5.82 Å². The minimum absolute atomic E-state index is 0. The molecule has 1 aliphatic heterocycles. The molecule has 1 atom stereocenters. The summed E-state index contributed by atoms with van der Waals surface area (Å²) in [6.07, 6.45) is 0.951. The summed E-state index contributed by atoms with van der Waals surface area (Å²) in [4.78, 5) is 6.25. The third-order valence-electron chi connectivity index (χ3n) is 5.03. The molecule has 8 heteroatoms. The van der Waals surface area contributed by atoms with Gasteiger partial charge in [0, 0.05) is 45.0 Å². The van der Waals surface area contributed by atoms with Gasteiger partial charge in [0.25, 0.3) is 0 Å². The number of nitrogens with one attached hydrogen (secondary N) is 2. The predicted molar refractivity (Wildman–Crippen MR) is 121 cm³/mol. The average molecular weight is 518 g/mol. The van der Waals surface area contributed by atoms with E-state index in [1.165, 1.54) is 12.1 Å². The van der Waals surface area contributed by atoms with Crippen LogP contribution in [0.1, 0.15) is 17.5 Å². The molecule has 4 nitrogen and oxygen atoms in total. The lowest BCUT2D eigenvalue weighted by Crippen LogP contribution is -2.40. The van der Waals surface area contributed by atoms with Crippen molar-refractivity contribution < 1.29 is 13.2 Å². The van der Waals surface area contributed by atoms with E-state index in [0.29, 0.717) is 36.2 Å². The van der Waals surface area contributed by atoms with Gasteiger partial charge < -0.3 is 15.5 Å². The SMILES string of the molecule is CN=C(NCc1ccc(C)c(F)c1)NCC1CCN(c2ccc(F)c(F)c2)C1.I. The molecule has 158 valence electrons. The molecule has 1 heterocycles. The lowest BCUT2D eigenvalue weighted by atomic mass is 10.1. The number of halogens is 4. The molecule has 3 rings (SSSR count). The van der Waals surface area contributed by atoms with Crippen LogP contribution < -0.4 is 15.5 Å². The van der Waals surface area contributed by atoms with Gasteiger partial charge in [0.15, 0.2) is 17.6 Å². The molecule has 0 amide bonds. The minimum Gasteiger partial charge on any atom is -0.371 e. The van der Waals surface area contributed by atoms with E-state index in [0.717, 1.165) is 31.1 Å². The van der Waals surface area contributed by atoms with Crippen molar-refractivity contribution in [1.82, 2.24) is 10.6 Å². The van der Waals surface area contributed by atoms with Crippen LogP contribution in [0.3, 0.4) is 0 Å². The lowest BCUT2D eigenvalue weighted by molar-refractivity contribution is 0.508. The normalized spacial score (nSPS) is 16.5. The van der Waals surface area contributed by atoms with Crippen LogP contribution in [-0.4, -0.2) is 32.6 Å². The molecule has 2 aromatic carbocycles. The summed E-state index contributed by atoms with van der Waals surface area (Å²) >= 11 is 0. The highest BCUT2D eigenvalue weighted by molar-refractivity contribution is 14.0. The second kappa shape index (κ2) is 10.7. The number of nitrogens with zero attached hydrogens (tertiary/aromatic N) is 2. The van der Waals surface area contributed by atoms with E-state index in [4.69, 9.17) is 0 Å². The van der Waals surface area contributed by atoms with Crippen molar-refractivity contribution >= 4 is 35.6 Å². The van der Waals surface area contributed by atoms with Gasteiger partial charge >= 0.3 is 0 Å². The third-order valence-corrected chi connectivity index (χ3v) is 5.03. The summed E-state index contributed by atoms with van der Waals surface area (Å²) in [6, 6.07) is 9.17. The van der Waals surface area contributed by atoms with Gasteiger partial charge in [-0.3, -0.25) is 4.99 Å². The zero-order valence-corrected chi connectivity index (χ0v) is 18.8.